The van der Waals surface area contributed by atoms with E-state index in [-0.39, 0.29) is 18.4 Å². The van der Waals surface area contributed by atoms with Crippen LogP contribution in [-0.2, 0) is 4.79 Å². The molecule has 1 amide bonds. The van der Waals surface area contributed by atoms with Crippen molar-refractivity contribution in [3.63, 3.8) is 0 Å². The van der Waals surface area contributed by atoms with Crippen LogP contribution in [0.15, 0.2) is 54.9 Å². The molecule has 0 saturated carbocycles. The Bertz CT molecular complexity index is 721. The lowest BCUT2D eigenvalue weighted by molar-refractivity contribution is -0.117. The third-order valence-corrected chi connectivity index (χ3v) is 4.32. The second-order valence-electron chi connectivity index (χ2n) is 4.71. The van der Waals surface area contributed by atoms with Crippen LogP contribution < -0.4 is 11.1 Å². The van der Waals surface area contributed by atoms with Crippen molar-refractivity contribution >= 4 is 32.3 Å². The van der Waals surface area contributed by atoms with Crippen LogP contribution in [0.5, 0.6) is 0 Å². The molecule has 1 aromatic carbocycles. The van der Waals surface area contributed by atoms with Crippen LogP contribution in [0.4, 0.5) is 5.00 Å². The zero-order chi connectivity index (χ0) is 14.7. The number of thiophene rings is 1. The van der Waals surface area contributed by atoms with Gasteiger partial charge in [0.2, 0.25) is 5.91 Å². The molecule has 106 valence electrons. The predicted molar refractivity (Wildman–Crippen MR) is 86.5 cm³/mol. The van der Waals surface area contributed by atoms with Crippen LogP contribution >= 0.6 is 11.3 Å². The number of benzene rings is 1. The Morgan fingerprint density at radius 1 is 1.29 bits per heavy atom. The van der Waals surface area contributed by atoms with E-state index in [1.54, 1.807) is 12.4 Å². The molecule has 5 heteroatoms. The molecule has 3 aromatic rings. The lowest BCUT2D eigenvalue weighted by Crippen LogP contribution is -2.27. The van der Waals surface area contributed by atoms with Gasteiger partial charge in [0.1, 0.15) is 0 Å². The number of rotatable bonds is 4. The van der Waals surface area contributed by atoms with E-state index in [0.29, 0.717) is 0 Å². The van der Waals surface area contributed by atoms with Crippen molar-refractivity contribution < 1.29 is 4.79 Å². The number of hydrogen-bond acceptors (Lipinski definition) is 4. The average molecular weight is 297 g/mol. The smallest absolute Gasteiger partial charge is 0.233 e. The average Bonchev–Trinajstić information content (AvgIpc) is 2.91. The van der Waals surface area contributed by atoms with Crippen LogP contribution in [0.3, 0.4) is 0 Å². The number of carbonyl (C=O) groups excluding carboxylic acids is 1. The quantitative estimate of drug-likeness (QED) is 0.778. The van der Waals surface area contributed by atoms with E-state index in [1.165, 1.54) is 11.3 Å². The van der Waals surface area contributed by atoms with Gasteiger partial charge in [0, 0.05) is 18.9 Å². The van der Waals surface area contributed by atoms with Gasteiger partial charge in [0.05, 0.1) is 15.6 Å². The number of nitrogens with zero attached hydrogens (tertiary/aromatic N) is 1. The largest absolute Gasteiger partial charge is 0.329 e. The van der Waals surface area contributed by atoms with E-state index >= 15 is 0 Å². The number of nitrogens with one attached hydrogen (secondary N) is 1. The number of nitrogens with two attached hydrogens (primary N) is 1. The fraction of sp³-hybridized carbons (Fsp3) is 0.125. The molecule has 0 aliphatic rings. The van der Waals surface area contributed by atoms with Crippen LogP contribution in [0.2, 0.25) is 0 Å². The SMILES string of the molecule is NCC(C(=O)Nc1cc2ccncc2s1)c1ccccc1. The van der Waals surface area contributed by atoms with E-state index in [2.05, 4.69) is 10.3 Å². The molecule has 0 aliphatic heterocycles. The number of amides is 1. The first-order chi connectivity index (χ1) is 10.3. The third kappa shape index (κ3) is 2.94. The van der Waals surface area contributed by atoms with E-state index in [9.17, 15) is 4.79 Å². The van der Waals surface area contributed by atoms with Crippen LogP contribution in [0.25, 0.3) is 10.1 Å². The molecule has 0 saturated heterocycles. The summed E-state index contributed by atoms with van der Waals surface area (Å²) in [7, 11) is 0. The van der Waals surface area contributed by atoms with Crippen molar-refractivity contribution in [2.24, 2.45) is 5.73 Å². The maximum Gasteiger partial charge on any atom is 0.233 e. The minimum Gasteiger partial charge on any atom is -0.329 e. The fourth-order valence-corrected chi connectivity index (χ4v) is 3.17. The van der Waals surface area contributed by atoms with Gasteiger partial charge >= 0.3 is 0 Å². The highest BCUT2D eigenvalue weighted by atomic mass is 32.1. The van der Waals surface area contributed by atoms with Crippen LogP contribution in [0.1, 0.15) is 11.5 Å². The highest BCUT2D eigenvalue weighted by Crippen LogP contribution is 2.29. The summed E-state index contributed by atoms with van der Waals surface area (Å²) < 4.78 is 1.05. The molecule has 2 aromatic heterocycles. The minimum absolute atomic E-state index is 0.0804. The summed E-state index contributed by atoms with van der Waals surface area (Å²) in [4.78, 5) is 16.5. The molecular formula is C16H15N3OS. The number of aromatic nitrogens is 1. The topological polar surface area (TPSA) is 68.0 Å². The third-order valence-electron chi connectivity index (χ3n) is 3.32. The second kappa shape index (κ2) is 6.03. The van der Waals surface area contributed by atoms with Crippen molar-refractivity contribution in [3.8, 4) is 0 Å². The molecule has 2 heterocycles. The molecule has 3 N–H and O–H groups in total. The van der Waals surface area contributed by atoms with Gasteiger partial charge < -0.3 is 11.1 Å². The van der Waals surface area contributed by atoms with Gasteiger partial charge in [-0.25, -0.2) is 0 Å². The first-order valence-corrected chi connectivity index (χ1v) is 7.49. The summed E-state index contributed by atoms with van der Waals surface area (Å²) in [5.74, 6) is -0.419. The van der Waals surface area contributed by atoms with Crippen LogP contribution in [-0.4, -0.2) is 17.4 Å². The van der Waals surface area contributed by atoms with E-state index in [4.69, 9.17) is 5.73 Å². The standard InChI is InChI=1S/C16H15N3OS/c17-9-13(11-4-2-1-3-5-11)16(20)19-15-8-12-6-7-18-10-14(12)21-15/h1-8,10,13H,9,17H2,(H,19,20). The molecule has 0 spiro atoms. The van der Waals surface area contributed by atoms with E-state index < -0.39 is 0 Å². The molecule has 21 heavy (non-hydrogen) atoms. The van der Waals surface area contributed by atoms with Crippen molar-refractivity contribution in [1.29, 1.82) is 0 Å². The summed E-state index contributed by atoms with van der Waals surface area (Å²) in [6, 6.07) is 13.5. The minimum atomic E-state index is -0.338. The van der Waals surface area contributed by atoms with Gasteiger partial charge in [-0.15, -0.1) is 11.3 Å². The zero-order valence-corrected chi connectivity index (χ0v) is 12.1. The highest BCUT2D eigenvalue weighted by molar-refractivity contribution is 7.22. The Hall–Kier alpha value is -2.24. The van der Waals surface area contributed by atoms with Gasteiger partial charge in [0.25, 0.3) is 0 Å². The molecule has 3 rings (SSSR count). The molecule has 1 unspecified atom stereocenters. The Balaban J connectivity index is 1.81. The Labute approximate surface area is 126 Å². The maximum atomic E-state index is 12.4. The van der Waals surface area contributed by atoms with Crippen molar-refractivity contribution in [2.75, 3.05) is 11.9 Å². The van der Waals surface area contributed by atoms with E-state index in [0.717, 1.165) is 20.7 Å². The van der Waals surface area contributed by atoms with Crippen molar-refractivity contribution in [1.82, 2.24) is 4.98 Å². The maximum absolute atomic E-state index is 12.4. The number of anilines is 1. The lowest BCUT2D eigenvalue weighted by atomic mass is 9.98. The van der Waals surface area contributed by atoms with Crippen molar-refractivity contribution in [3.05, 3.63) is 60.4 Å². The molecule has 1 atom stereocenters. The molecule has 0 aliphatic carbocycles. The van der Waals surface area contributed by atoms with Gasteiger partial charge in [-0.05, 0) is 23.1 Å². The Morgan fingerprint density at radius 2 is 2.10 bits per heavy atom. The number of fused-ring (bicyclic) bond motifs is 1. The highest BCUT2D eigenvalue weighted by Gasteiger charge is 2.19. The van der Waals surface area contributed by atoms with E-state index in [1.807, 2.05) is 42.5 Å². The number of hydrogen-bond donors (Lipinski definition) is 2. The second-order valence-corrected chi connectivity index (χ2v) is 5.80. The molecule has 0 fully saturated rings. The summed E-state index contributed by atoms with van der Waals surface area (Å²) >= 11 is 1.51. The molecule has 0 bridgehead atoms. The normalized spacial score (nSPS) is 12.2. The monoisotopic (exact) mass is 297 g/mol. The van der Waals surface area contributed by atoms with Gasteiger partial charge in [0.15, 0.2) is 0 Å². The predicted octanol–water partition coefficient (Wildman–Crippen LogP) is 2.98. The van der Waals surface area contributed by atoms with Crippen molar-refractivity contribution in [2.45, 2.75) is 5.92 Å². The number of carbonyl (C=O) groups is 1. The zero-order valence-electron chi connectivity index (χ0n) is 11.3. The molecule has 0 radical (unpaired) electrons. The van der Waals surface area contributed by atoms with Crippen LogP contribution in [0, 0.1) is 0 Å². The molecular weight excluding hydrogens is 282 g/mol. The summed E-state index contributed by atoms with van der Waals surface area (Å²) in [5.41, 5.74) is 6.70. The first-order valence-electron chi connectivity index (χ1n) is 6.67. The lowest BCUT2D eigenvalue weighted by Gasteiger charge is -2.14. The van der Waals surface area contributed by atoms with Gasteiger partial charge in [-0.1, -0.05) is 30.3 Å². The number of pyridine rings is 1. The van der Waals surface area contributed by atoms with Gasteiger partial charge in [-0.2, -0.15) is 0 Å². The summed E-state index contributed by atoms with van der Waals surface area (Å²) in [5, 5.41) is 4.85. The summed E-state index contributed by atoms with van der Waals surface area (Å²) in [6.07, 6.45) is 3.54. The molecule has 4 nitrogen and oxygen atoms in total. The summed E-state index contributed by atoms with van der Waals surface area (Å²) in [6.45, 7) is 0.280. The Morgan fingerprint density at radius 3 is 2.81 bits per heavy atom. The van der Waals surface area contributed by atoms with Gasteiger partial charge in [-0.3, -0.25) is 9.78 Å². The first kappa shape index (κ1) is 13.7. The fourth-order valence-electron chi connectivity index (χ4n) is 2.23. The Kier molecular flexibility index (Phi) is 3.94.